The summed E-state index contributed by atoms with van der Waals surface area (Å²) >= 11 is 6.25. The third-order valence-electron chi connectivity index (χ3n) is 10.1. The van der Waals surface area contributed by atoms with E-state index in [0.29, 0.717) is 38.8 Å². The number of ether oxygens (including phenoxy) is 2. The van der Waals surface area contributed by atoms with Gasteiger partial charge in [-0.05, 0) is 92.7 Å². The number of anilines is 5. The Hall–Kier alpha value is -9.99. The van der Waals surface area contributed by atoms with E-state index in [0.717, 1.165) is 22.6 Å². The molecule has 0 fully saturated rings. The van der Waals surface area contributed by atoms with Gasteiger partial charge in [0.05, 0.1) is 53.6 Å². The molecule has 3 N–H and O–H groups in total. The molecule has 5 aromatic carbocycles. The molecule has 4 aromatic heterocycles. The number of benzene rings is 5. The predicted octanol–water partition coefficient (Wildman–Crippen LogP) is 11.5. The van der Waals surface area contributed by atoms with E-state index >= 15 is 0 Å². The summed E-state index contributed by atoms with van der Waals surface area (Å²) in [5.74, 6) is 1.17. The summed E-state index contributed by atoms with van der Waals surface area (Å²) in [6.45, 7) is 3.73. The third kappa shape index (κ3) is 15.0. The lowest BCUT2D eigenvalue weighted by Crippen LogP contribution is -2.14. The maximum Gasteiger partial charge on any atom is 0.274 e. The van der Waals surface area contributed by atoms with E-state index in [1.54, 1.807) is 73.9 Å². The van der Waals surface area contributed by atoms with Crippen LogP contribution in [0.15, 0.2) is 177 Å². The Morgan fingerprint density at radius 3 is 1.89 bits per heavy atom. The van der Waals surface area contributed by atoms with Crippen LogP contribution in [0.25, 0.3) is 0 Å². The van der Waals surface area contributed by atoms with E-state index in [1.165, 1.54) is 80.2 Å². The van der Waals surface area contributed by atoms with Crippen LogP contribution >= 0.6 is 11.6 Å². The number of terminal acetylenes is 1. The number of carbonyl (C=O) groups is 3. The first-order valence-corrected chi connectivity index (χ1v) is 22.4. The normalized spacial score (nSPS) is 10.2. The van der Waals surface area contributed by atoms with Gasteiger partial charge in [-0.3, -0.25) is 14.4 Å². The molecule has 19 heteroatoms. The van der Waals surface area contributed by atoms with Gasteiger partial charge in [0.2, 0.25) is 0 Å². The first-order valence-electron chi connectivity index (χ1n) is 22.1. The zero-order valence-corrected chi connectivity index (χ0v) is 40.3. The Bertz CT molecular complexity index is 3450. The molecule has 0 aliphatic heterocycles. The molecule has 368 valence electrons. The van der Waals surface area contributed by atoms with Gasteiger partial charge >= 0.3 is 0 Å². The summed E-state index contributed by atoms with van der Waals surface area (Å²) in [7, 11) is 1.90. The van der Waals surface area contributed by atoms with Crippen LogP contribution in [-0.2, 0) is 0 Å². The summed E-state index contributed by atoms with van der Waals surface area (Å²) in [5, 5.41) is 8.62. The molecule has 0 atom stereocenters. The second kappa shape index (κ2) is 25.2. The number of hydrogen-bond acceptors (Lipinski definition) is 13. The molecule has 4 heterocycles. The highest BCUT2D eigenvalue weighted by Crippen LogP contribution is 2.31. The molecule has 0 bridgehead atoms. The molecule has 0 unspecified atom stereocenters. The number of amides is 3. The van der Waals surface area contributed by atoms with E-state index < -0.39 is 17.5 Å². The average Bonchev–Trinajstić information content (AvgIpc) is 3.41. The number of hydrogen-bond donors (Lipinski definition) is 3. The summed E-state index contributed by atoms with van der Waals surface area (Å²) < 4.78 is 38.6. The second-order valence-corrected chi connectivity index (χ2v) is 16.0. The largest absolute Gasteiger partial charge is 0.454 e. The zero-order chi connectivity index (χ0) is 52.4. The highest BCUT2D eigenvalue weighted by Gasteiger charge is 2.15. The molecule has 16 nitrogen and oxygen atoms in total. The van der Waals surface area contributed by atoms with Gasteiger partial charge in [0.25, 0.3) is 17.7 Å². The Kier molecular flexibility index (Phi) is 17.7. The molecule has 0 aliphatic carbocycles. The molecule has 0 saturated carbocycles. The minimum atomic E-state index is -0.573. The third-order valence-corrected chi connectivity index (χ3v) is 10.4. The number of aromatic nitrogens is 7. The summed E-state index contributed by atoms with van der Waals surface area (Å²) in [6.07, 6.45) is 18.7. The van der Waals surface area contributed by atoms with Crippen molar-refractivity contribution >= 4 is 57.8 Å². The van der Waals surface area contributed by atoms with Gasteiger partial charge in [-0.15, -0.1) is 6.42 Å². The first-order chi connectivity index (χ1) is 35.8. The molecule has 0 aliphatic rings. The lowest BCUT2D eigenvalue weighted by atomic mass is 10.1. The van der Waals surface area contributed by atoms with Gasteiger partial charge in [-0.1, -0.05) is 47.4 Å². The maximum atomic E-state index is 13.9. The van der Waals surface area contributed by atoms with Gasteiger partial charge in [0.1, 0.15) is 36.2 Å². The van der Waals surface area contributed by atoms with Crippen LogP contribution in [0.5, 0.6) is 23.0 Å². The summed E-state index contributed by atoms with van der Waals surface area (Å²) in [6, 6.07) is 32.5. The smallest absolute Gasteiger partial charge is 0.274 e. The highest BCUT2D eigenvalue weighted by atomic mass is 35.5. The van der Waals surface area contributed by atoms with Gasteiger partial charge in [0, 0.05) is 64.7 Å². The number of carbonyl (C=O) groups excluding carboxylic acids is 3. The summed E-state index contributed by atoms with van der Waals surface area (Å²) in [5.41, 5.74) is 6.46. The molecule has 74 heavy (non-hydrogen) atoms. The van der Waals surface area contributed by atoms with Crippen LogP contribution < -0.4 is 30.3 Å². The number of nitrogens with zero attached hydrogens (tertiary/aromatic N) is 8. The predicted molar refractivity (Wildman–Crippen MR) is 277 cm³/mol. The number of aryl methyl sites for hydroxylation is 2. The fourth-order valence-electron chi connectivity index (χ4n) is 6.52. The Morgan fingerprint density at radius 2 is 1.22 bits per heavy atom. The molecule has 0 saturated heterocycles. The lowest BCUT2D eigenvalue weighted by Gasteiger charge is -2.20. The topological polar surface area (TPSA) is 199 Å². The van der Waals surface area contributed by atoms with Crippen LogP contribution in [0.1, 0.15) is 48.0 Å². The maximum absolute atomic E-state index is 13.9. The van der Waals surface area contributed by atoms with E-state index in [9.17, 15) is 23.2 Å². The van der Waals surface area contributed by atoms with E-state index in [2.05, 4.69) is 56.8 Å². The monoisotopic (exact) mass is 1010 g/mol. The SMILES string of the molecule is C#Cc1cccc(C(=O)Nc2ccc(F)c(Oc3cncnc3)c2)c1.Cc1cccc(C(=O)Nc2cc(F)cc(Oc3cncnc3)c2)n1.Cc1cccc(C(=O)Nc2cc(N(C)c3cncnc3)ccc2Cl)c1. The van der Waals surface area contributed by atoms with E-state index in [4.69, 9.17) is 27.5 Å². The van der Waals surface area contributed by atoms with Crippen LogP contribution in [0.4, 0.5) is 37.2 Å². The first kappa shape index (κ1) is 51.8. The fraction of sp³-hybridized carbons (Fsp3) is 0.0545. The van der Waals surface area contributed by atoms with E-state index in [1.807, 2.05) is 49.2 Å². The molecule has 0 spiro atoms. The van der Waals surface area contributed by atoms with Crippen molar-refractivity contribution in [3.05, 3.63) is 228 Å². The standard InChI is InChI=1S/C19H17ClN4O.C19H12FN3O2.C17H13FN4O2/c1-13-4-3-5-14(8-13)19(25)23-18-9-15(6-7-17(18)20)24(2)16-10-21-12-22-11-16;1-2-13-4-3-5-14(8-13)19(24)23-15-6-7-17(20)18(9-15)25-16-10-21-12-22-11-16;1-11-3-2-4-16(21-11)17(23)22-13-5-12(18)6-14(7-13)24-15-8-19-10-20-9-15/h3-12H,1-2H3,(H,23,25);1,3-12H,(H,23,24);2-10H,1H3,(H,22,23). The van der Waals surface area contributed by atoms with Gasteiger partial charge < -0.3 is 30.3 Å². The summed E-state index contributed by atoms with van der Waals surface area (Å²) in [4.78, 5) is 66.3. The van der Waals surface area contributed by atoms with Crippen LogP contribution in [0, 0.1) is 37.8 Å². The van der Waals surface area contributed by atoms with Crippen molar-refractivity contribution in [2.45, 2.75) is 13.8 Å². The van der Waals surface area contributed by atoms with Gasteiger partial charge in [-0.2, -0.15) is 0 Å². The van der Waals surface area contributed by atoms with Crippen LogP contribution in [-0.4, -0.2) is 59.7 Å². The molecular weight excluding hydrogens is 968 g/mol. The van der Waals surface area contributed by atoms with Crippen molar-refractivity contribution in [3.8, 4) is 35.3 Å². The molecule has 9 rings (SSSR count). The van der Waals surface area contributed by atoms with Crippen LogP contribution in [0.3, 0.4) is 0 Å². The Balaban J connectivity index is 0.000000162. The van der Waals surface area contributed by atoms with Gasteiger partial charge in [-0.25, -0.2) is 43.7 Å². The Labute approximate surface area is 428 Å². The van der Waals surface area contributed by atoms with Crippen molar-refractivity contribution in [2.24, 2.45) is 0 Å². The van der Waals surface area contributed by atoms with Gasteiger partial charge in [0.15, 0.2) is 23.1 Å². The van der Waals surface area contributed by atoms with Crippen molar-refractivity contribution in [2.75, 3.05) is 27.9 Å². The van der Waals surface area contributed by atoms with Crippen molar-refractivity contribution in [3.63, 3.8) is 0 Å². The Morgan fingerprint density at radius 1 is 0.595 bits per heavy atom. The number of rotatable bonds is 12. The van der Waals surface area contributed by atoms with Crippen molar-refractivity contribution in [1.29, 1.82) is 0 Å². The molecule has 0 radical (unpaired) electrons. The zero-order valence-electron chi connectivity index (χ0n) is 39.6. The second-order valence-electron chi connectivity index (χ2n) is 15.6. The molecule has 3 amide bonds. The lowest BCUT2D eigenvalue weighted by molar-refractivity contribution is 0.101. The molecule has 9 aromatic rings. The highest BCUT2D eigenvalue weighted by molar-refractivity contribution is 6.34. The fourth-order valence-corrected chi connectivity index (χ4v) is 6.69. The number of halogens is 3. The van der Waals surface area contributed by atoms with E-state index in [-0.39, 0.29) is 40.4 Å². The number of pyridine rings is 1. The minimum Gasteiger partial charge on any atom is -0.454 e. The van der Waals surface area contributed by atoms with Crippen molar-refractivity contribution < 1.29 is 32.6 Å². The molecular formula is C55H42ClF2N11O5. The van der Waals surface area contributed by atoms with Crippen LogP contribution in [0.2, 0.25) is 5.02 Å². The quantitative estimate of drug-likeness (QED) is 0.0978. The minimum absolute atomic E-state index is 0.0509. The van der Waals surface area contributed by atoms with Crippen molar-refractivity contribution in [1.82, 2.24) is 34.9 Å². The average molecular weight is 1010 g/mol. The number of nitrogens with one attached hydrogen (secondary N) is 3.